The largest absolute Gasteiger partial charge is 0.320 e. The molecule has 96 valence electrons. The Morgan fingerprint density at radius 1 is 1.50 bits per heavy atom. The predicted molar refractivity (Wildman–Crippen MR) is 67.4 cm³/mol. The van der Waals surface area contributed by atoms with Crippen molar-refractivity contribution in [3.05, 3.63) is 0 Å². The van der Waals surface area contributed by atoms with Crippen molar-refractivity contribution in [3.8, 4) is 0 Å². The Kier molecular flexibility index (Phi) is 5.21. The van der Waals surface area contributed by atoms with Crippen molar-refractivity contribution < 1.29 is 8.42 Å². The fraction of sp³-hybridized carbons (Fsp3) is 1.00. The van der Waals surface area contributed by atoms with Crippen LogP contribution >= 0.6 is 0 Å². The molecule has 1 aliphatic heterocycles. The van der Waals surface area contributed by atoms with Gasteiger partial charge in [-0.1, -0.05) is 0 Å². The summed E-state index contributed by atoms with van der Waals surface area (Å²) in [6.45, 7) is 5.95. The van der Waals surface area contributed by atoms with Crippen molar-refractivity contribution in [1.82, 2.24) is 10.2 Å². The van der Waals surface area contributed by atoms with Crippen molar-refractivity contribution in [1.29, 1.82) is 0 Å². The second-order valence-electron chi connectivity index (χ2n) is 4.80. The molecule has 2 atom stereocenters. The van der Waals surface area contributed by atoms with Crippen LogP contribution in [0.3, 0.4) is 0 Å². The molecular weight excluding hydrogens is 224 g/mol. The number of rotatable bonds is 5. The summed E-state index contributed by atoms with van der Waals surface area (Å²) in [5.41, 5.74) is 0. The van der Waals surface area contributed by atoms with Crippen LogP contribution in [0.1, 0.15) is 26.7 Å². The van der Waals surface area contributed by atoms with Crippen LogP contribution in [0.25, 0.3) is 0 Å². The Morgan fingerprint density at radius 2 is 2.19 bits per heavy atom. The van der Waals surface area contributed by atoms with Gasteiger partial charge in [-0.15, -0.1) is 0 Å². The third kappa shape index (κ3) is 4.03. The molecule has 0 aromatic heterocycles. The molecule has 1 heterocycles. The van der Waals surface area contributed by atoms with E-state index >= 15 is 0 Å². The molecule has 1 N–H and O–H groups in total. The zero-order valence-corrected chi connectivity index (χ0v) is 11.4. The Balaban J connectivity index is 2.42. The lowest BCUT2D eigenvalue weighted by Crippen LogP contribution is -2.50. The van der Waals surface area contributed by atoms with Gasteiger partial charge in [-0.3, -0.25) is 4.90 Å². The lowest BCUT2D eigenvalue weighted by atomic mass is 10.1. The topological polar surface area (TPSA) is 49.4 Å². The van der Waals surface area contributed by atoms with E-state index in [1.807, 2.05) is 14.0 Å². The molecule has 0 radical (unpaired) electrons. The average molecular weight is 248 g/mol. The smallest absolute Gasteiger partial charge is 0.153 e. The first-order valence-corrected chi connectivity index (χ1v) is 7.89. The van der Waals surface area contributed by atoms with Crippen molar-refractivity contribution >= 4 is 9.84 Å². The monoisotopic (exact) mass is 248 g/mol. The van der Waals surface area contributed by atoms with Gasteiger partial charge in [0.2, 0.25) is 0 Å². The number of hydrogen-bond acceptors (Lipinski definition) is 4. The van der Waals surface area contributed by atoms with E-state index in [2.05, 4.69) is 17.1 Å². The van der Waals surface area contributed by atoms with Gasteiger partial charge < -0.3 is 5.32 Å². The highest BCUT2D eigenvalue weighted by Crippen LogP contribution is 2.17. The van der Waals surface area contributed by atoms with Gasteiger partial charge in [0.05, 0.1) is 11.5 Å². The average Bonchev–Trinajstić information content (AvgIpc) is 2.16. The highest BCUT2D eigenvalue weighted by Gasteiger charge is 2.30. The van der Waals surface area contributed by atoms with Crippen LogP contribution in [0.4, 0.5) is 0 Å². The number of nitrogens with one attached hydrogen (secondary N) is 1. The Morgan fingerprint density at radius 3 is 2.75 bits per heavy atom. The molecule has 2 unspecified atom stereocenters. The van der Waals surface area contributed by atoms with Crippen molar-refractivity contribution in [3.63, 3.8) is 0 Å². The summed E-state index contributed by atoms with van der Waals surface area (Å²) in [7, 11) is -0.818. The molecule has 0 bridgehead atoms. The van der Waals surface area contributed by atoms with Crippen LogP contribution in [0.5, 0.6) is 0 Å². The van der Waals surface area contributed by atoms with Crippen LogP contribution in [0.15, 0.2) is 0 Å². The van der Waals surface area contributed by atoms with Crippen molar-refractivity contribution in [2.75, 3.05) is 31.6 Å². The predicted octanol–water partition coefficient (Wildman–Crippen LogP) is 0.493. The summed E-state index contributed by atoms with van der Waals surface area (Å²) < 4.78 is 22.9. The van der Waals surface area contributed by atoms with Gasteiger partial charge in [0, 0.05) is 18.6 Å². The maximum absolute atomic E-state index is 11.5. The van der Waals surface area contributed by atoms with Crippen LogP contribution in [-0.2, 0) is 9.84 Å². The van der Waals surface area contributed by atoms with E-state index in [1.54, 1.807) is 0 Å². The second kappa shape index (κ2) is 5.98. The van der Waals surface area contributed by atoms with Gasteiger partial charge in [0.25, 0.3) is 0 Å². The van der Waals surface area contributed by atoms with Crippen LogP contribution < -0.4 is 5.32 Å². The van der Waals surface area contributed by atoms with E-state index in [1.165, 1.54) is 0 Å². The highest BCUT2D eigenvalue weighted by atomic mass is 32.2. The first-order valence-electron chi connectivity index (χ1n) is 6.07. The van der Waals surface area contributed by atoms with Crippen molar-refractivity contribution in [2.24, 2.45) is 0 Å². The van der Waals surface area contributed by atoms with E-state index in [4.69, 9.17) is 0 Å². The molecule has 1 aliphatic rings. The zero-order chi connectivity index (χ0) is 12.2. The molecule has 1 fully saturated rings. The lowest BCUT2D eigenvalue weighted by molar-refractivity contribution is 0.159. The molecule has 0 aromatic carbocycles. The number of nitrogens with zero attached hydrogens (tertiary/aromatic N) is 1. The summed E-state index contributed by atoms with van der Waals surface area (Å²) >= 11 is 0. The van der Waals surface area contributed by atoms with Gasteiger partial charge in [-0.25, -0.2) is 8.42 Å². The molecular formula is C11H24N2O2S. The Labute approximate surface area is 99.3 Å². The molecule has 1 saturated heterocycles. The normalized spacial score (nSPS) is 27.8. The molecule has 16 heavy (non-hydrogen) atoms. The maximum Gasteiger partial charge on any atom is 0.153 e. The number of sulfone groups is 1. The van der Waals surface area contributed by atoms with Gasteiger partial charge in [0.1, 0.15) is 0 Å². The standard InChI is InChI=1S/C11H24N2O2S/c1-10(5-4-6-12-3)13-7-8-16(14,15)9-11(13)2/h10-12H,4-9H2,1-3H3. The van der Waals surface area contributed by atoms with Crippen LogP contribution in [0, 0.1) is 0 Å². The minimum absolute atomic E-state index is 0.170. The quantitative estimate of drug-likeness (QED) is 0.720. The fourth-order valence-corrected chi connectivity index (χ4v) is 3.99. The van der Waals surface area contributed by atoms with Gasteiger partial charge in [-0.2, -0.15) is 0 Å². The molecule has 1 rings (SSSR count). The first kappa shape index (κ1) is 13.9. The molecule has 0 aromatic rings. The lowest BCUT2D eigenvalue weighted by Gasteiger charge is -2.37. The first-order chi connectivity index (χ1) is 7.46. The minimum Gasteiger partial charge on any atom is -0.320 e. The van der Waals surface area contributed by atoms with E-state index in [0.29, 0.717) is 24.1 Å². The third-order valence-electron chi connectivity index (χ3n) is 3.34. The summed E-state index contributed by atoms with van der Waals surface area (Å²) in [5, 5.41) is 3.14. The Hall–Kier alpha value is -0.130. The summed E-state index contributed by atoms with van der Waals surface area (Å²) in [6, 6.07) is 0.655. The zero-order valence-electron chi connectivity index (χ0n) is 10.6. The van der Waals surface area contributed by atoms with Gasteiger partial charge >= 0.3 is 0 Å². The minimum atomic E-state index is -2.78. The van der Waals surface area contributed by atoms with E-state index < -0.39 is 9.84 Å². The third-order valence-corrected chi connectivity index (χ3v) is 5.13. The molecule has 4 nitrogen and oxygen atoms in total. The van der Waals surface area contributed by atoms with Gasteiger partial charge in [-0.05, 0) is 40.3 Å². The molecule has 0 aliphatic carbocycles. The van der Waals surface area contributed by atoms with E-state index in [0.717, 1.165) is 19.4 Å². The van der Waals surface area contributed by atoms with Crippen LogP contribution in [-0.4, -0.2) is 57.0 Å². The second-order valence-corrected chi connectivity index (χ2v) is 7.02. The molecule has 0 spiro atoms. The van der Waals surface area contributed by atoms with Crippen LogP contribution in [0.2, 0.25) is 0 Å². The van der Waals surface area contributed by atoms with E-state index in [9.17, 15) is 8.42 Å². The van der Waals surface area contributed by atoms with Crippen molar-refractivity contribution in [2.45, 2.75) is 38.8 Å². The fourth-order valence-electron chi connectivity index (χ4n) is 2.41. The summed E-state index contributed by atoms with van der Waals surface area (Å²) in [6.07, 6.45) is 2.28. The van der Waals surface area contributed by atoms with E-state index in [-0.39, 0.29) is 6.04 Å². The summed E-state index contributed by atoms with van der Waals surface area (Å²) in [5.74, 6) is 0.650. The SMILES string of the molecule is CNCCCC(C)N1CCS(=O)(=O)CC1C. The molecule has 5 heteroatoms. The summed E-state index contributed by atoms with van der Waals surface area (Å²) in [4.78, 5) is 2.33. The Bertz CT molecular complexity index is 303. The molecule has 0 amide bonds. The number of hydrogen-bond donors (Lipinski definition) is 1. The molecule has 0 saturated carbocycles. The maximum atomic E-state index is 11.5. The van der Waals surface area contributed by atoms with Gasteiger partial charge in [0.15, 0.2) is 9.84 Å². The highest BCUT2D eigenvalue weighted by molar-refractivity contribution is 7.91.